The van der Waals surface area contributed by atoms with Crippen LogP contribution >= 0.6 is 0 Å². The second kappa shape index (κ2) is 3.44. The molecule has 0 spiro atoms. The van der Waals surface area contributed by atoms with Crippen LogP contribution in [0.5, 0.6) is 5.75 Å². The minimum absolute atomic E-state index is 0.332. The van der Waals surface area contributed by atoms with Crippen LogP contribution in [0.15, 0.2) is 23.8 Å². The van der Waals surface area contributed by atoms with E-state index in [1.165, 1.54) is 11.1 Å². The zero-order valence-electron chi connectivity index (χ0n) is 7.76. The zero-order chi connectivity index (χ0) is 9.14. The zero-order valence-corrected chi connectivity index (χ0v) is 7.76. The van der Waals surface area contributed by atoms with Gasteiger partial charge in [-0.15, -0.1) is 0 Å². The molecule has 0 bridgehead atoms. The summed E-state index contributed by atoms with van der Waals surface area (Å²) >= 11 is 0. The number of phenolic OH excluding ortho intramolecular Hbond substituents is 1. The fourth-order valence-electron chi connectivity index (χ4n) is 1.13. The summed E-state index contributed by atoms with van der Waals surface area (Å²) in [5.41, 5.74) is 3.55. The van der Waals surface area contributed by atoms with Crippen LogP contribution in [0, 0.1) is 6.92 Å². The van der Waals surface area contributed by atoms with E-state index in [1.807, 2.05) is 13.0 Å². The molecule has 0 aliphatic heterocycles. The molecule has 12 heavy (non-hydrogen) atoms. The maximum atomic E-state index is 9.15. The Bertz CT molecular complexity index is 307. The summed E-state index contributed by atoms with van der Waals surface area (Å²) in [5, 5.41) is 9.15. The molecule has 1 aromatic carbocycles. The summed E-state index contributed by atoms with van der Waals surface area (Å²) in [6.07, 6.45) is 2.11. The van der Waals surface area contributed by atoms with Crippen LogP contribution in [0.1, 0.15) is 25.0 Å². The van der Waals surface area contributed by atoms with Crippen molar-refractivity contribution in [2.75, 3.05) is 0 Å². The van der Waals surface area contributed by atoms with Crippen LogP contribution in [0.3, 0.4) is 0 Å². The van der Waals surface area contributed by atoms with Gasteiger partial charge >= 0.3 is 0 Å². The quantitative estimate of drug-likeness (QED) is 0.672. The summed E-state index contributed by atoms with van der Waals surface area (Å²) in [6.45, 7) is 6.12. The molecule has 0 heterocycles. The standard InChI is InChI=1S/C11H14O/c1-8(2)6-10-4-5-11(12)7-9(10)3/h4-7,12H,1-3H3. The van der Waals surface area contributed by atoms with E-state index in [9.17, 15) is 0 Å². The molecule has 1 nitrogen and oxygen atoms in total. The predicted molar refractivity (Wildman–Crippen MR) is 52.2 cm³/mol. The highest BCUT2D eigenvalue weighted by Gasteiger charge is 1.95. The maximum Gasteiger partial charge on any atom is 0.115 e. The molecule has 0 amide bonds. The Balaban J connectivity index is 3.10. The second-order valence-corrected chi connectivity index (χ2v) is 3.26. The van der Waals surface area contributed by atoms with Gasteiger partial charge in [0.15, 0.2) is 0 Å². The lowest BCUT2D eigenvalue weighted by molar-refractivity contribution is 0.475. The van der Waals surface area contributed by atoms with Crippen LogP contribution in [-0.4, -0.2) is 5.11 Å². The molecule has 0 aliphatic rings. The lowest BCUT2D eigenvalue weighted by Gasteiger charge is -2.01. The van der Waals surface area contributed by atoms with Crippen LogP contribution in [-0.2, 0) is 0 Å². The van der Waals surface area contributed by atoms with E-state index in [-0.39, 0.29) is 0 Å². The molecular weight excluding hydrogens is 148 g/mol. The molecule has 64 valence electrons. The number of phenols is 1. The Morgan fingerprint density at radius 3 is 2.50 bits per heavy atom. The third-order valence-electron chi connectivity index (χ3n) is 1.70. The molecule has 0 aromatic heterocycles. The van der Waals surface area contributed by atoms with Gasteiger partial charge in [-0.05, 0) is 44.0 Å². The van der Waals surface area contributed by atoms with Gasteiger partial charge in [-0.25, -0.2) is 0 Å². The van der Waals surface area contributed by atoms with Gasteiger partial charge < -0.3 is 5.11 Å². The average Bonchev–Trinajstić information content (AvgIpc) is 1.94. The summed E-state index contributed by atoms with van der Waals surface area (Å²) < 4.78 is 0. The van der Waals surface area contributed by atoms with Crippen LogP contribution in [0.2, 0.25) is 0 Å². The van der Waals surface area contributed by atoms with Crippen molar-refractivity contribution in [1.82, 2.24) is 0 Å². The van der Waals surface area contributed by atoms with Gasteiger partial charge in [0.05, 0.1) is 0 Å². The van der Waals surface area contributed by atoms with Gasteiger partial charge in [-0.2, -0.15) is 0 Å². The average molecular weight is 162 g/mol. The number of aryl methyl sites for hydroxylation is 1. The van der Waals surface area contributed by atoms with Crippen LogP contribution < -0.4 is 0 Å². The van der Waals surface area contributed by atoms with Crippen molar-refractivity contribution < 1.29 is 5.11 Å². The maximum absolute atomic E-state index is 9.15. The summed E-state index contributed by atoms with van der Waals surface area (Å²) in [7, 11) is 0. The number of hydrogen-bond acceptors (Lipinski definition) is 1. The lowest BCUT2D eigenvalue weighted by atomic mass is 10.1. The molecule has 1 rings (SSSR count). The highest BCUT2D eigenvalue weighted by atomic mass is 16.3. The Morgan fingerprint density at radius 1 is 1.33 bits per heavy atom. The molecule has 0 aliphatic carbocycles. The third kappa shape index (κ3) is 2.12. The number of aromatic hydroxyl groups is 1. The monoisotopic (exact) mass is 162 g/mol. The Kier molecular flexibility index (Phi) is 2.54. The molecule has 0 unspecified atom stereocenters. The topological polar surface area (TPSA) is 20.2 Å². The van der Waals surface area contributed by atoms with Gasteiger partial charge in [0, 0.05) is 0 Å². The summed E-state index contributed by atoms with van der Waals surface area (Å²) in [4.78, 5) is 0. The van der Waals surface area contributed by atoms with E-state index in [1.54, 1.807) is 12.1 Å². The van der Waals surface area contributed by atoms with Crippen molar-refractivity contribution >= 4 is 6.08 Å². The summed E-state index contributed by atoms with van der Waals surface area (Å²) in [5.74, 6) is 0.332. The molecule has 0 atom stereocenters. The molecule has 1 heteroatoms. The molecule has 1 N–H and O–H groups in total. The highest BCUT2D eigenvalue weighted by molar-refractivity contribution is 5.56. The van der Waals surface area contributed by atoms with E-state index in [0.29, 0.717) is 5.75 Å². The first-order chi connectivity index (χ1) is 5.59. The van der Waals surface area contributed by atoms with E-state index in [4.69, 9.17) is 5.11 Å². The van der Waals surface area contributed by atoms with Crippen LogP contribution in [0.25, 0.3) is 6.08 Å². The Morgan fingerprint density at radius 2 is 2.00 bits per heavy atom. The third-order valence-corrected chi connectivity index (χ3v) is 1.70. The fourth-order valence-corrected chi connectivity index (χ4v) is 1.13. The minimum Gasteiger partial charge on any atom is -0.508 e. The van der Waals surface area contributed by atoms with Crippen molar-refractivity contribution in [3.63, 3.8) is 0 Å². The van der Waals surface area contributed by atoms with Gasteiger partial charge in [-0.3, -0.25) is 0 Å². The Labute approximate surface area is 73.4 Å². The Hall–Kier alpha value is -1.24. The van der Waals surface area contributed by atoms with Gasteiger partial charge in [0.25, 0.3) is 0 Å². The number of hydrogen-bond donors (Lipinski definition) is 1. The van der Waals surface area contributed by atoms with E-state index >= 15 is 0 Å². The normalized spacial score (nSPS) is 9.58. The molecule has 1 aromatic rings. The molecule has 0 fully saturated rings. The van der Waals surface area contributed by atoms with Crippen LogP contribution in [0.4, 0.5) is 0 Å². The number of rotatable bonds is 1. The first-order valence-electron chi connectivity index (χ1n) is 4.04. The first-order valence-corrected chi connectivity index (χ1v) is 4.04. The van der Waals surface area contributed by atoms with Crippen molar-refractivity contribution in [2.24, 2.45) is 0 Å². The molecule has 0 saturated carbocycles. The molecular formula is C11H14O. The number of benzene rings is 1. The largest absolute Gasteiger partial charge is 0.508 e. The van der Waals surface area contributed by atoms with Crippen molar-refractivity contribution in [3.8, 4) is 5.75 Å². The predicted octanol–water partition coefficient (Wildman–Crippen LogP) is 3.12. The van der Waals surface area contributed by atoms with Gasteiger partial charge in [0.2, 0.25) is 0 Å². The highest BCUT2D eigenvalue weighted by Crippen LogP contribution is 2.17. The van der Waals surface area contributed by atoms with Crippen molar-refractivity contribution in [3.05, 3.63) is 34.9 Å². The summed E-state index contributed by atoms with van der Waals surface area (Å²) in [6, 6.07) is 5.41. The van der Waals surface area contributed by atoms with Crippen molar-refractivity contribution in [2.45, 2.75) is 20.8 Å². The SMILES string of the molecule is CC(C)=Cc1ccc(O)cc1C. The molecule has 0 radical (unpaired) electrons. The van der Waals surface area contributed by atoms with E-state index < -0.39 is 0 Å². The second-order valence-electron chi connectivity index (χ2n) is 3.26. The van der Waals surface area contributed by atoms with E-state index in [2.05, 4.69) is 19.9 Å². The first kappa shape index (κ1) is 8.85. The van der Waals surface area contributed by atoms with Gasteiger partial charge in [-0.1, -0.05) is 17.7 Å². The smallest absolute Gasteiger partial charge is 0.115 e. The minimum atomic E-state index is 0.332. The molecule has 0 saturated heterocycles. The van der Waals surface area contributed by atoms with Gasteiger partial charge in [0.1, 0.15) is 5.75 Å². The van der Waals surface area contributed by atoms with Crippen molar-refractivity contribution in [1.29, 1.82) is 0 Å². The number of allylic oxidation sites excluding steroid dienone is 1. The van der Waals surface area contributed by atoms with E-state index in [0.717, 1.165) is 5.56 Å². The lowest BCUT2D eigenvalue weighted by Crippen LogP contribution is -1.80. The fraction of sp³-hybridized carbons (Fsp3) is 0.273.